The van der Waals surface area contributed by atoms with Crippen LogP contribution in [0.2, 0.25) is 0 Å². The van der Waals surface area contributed by atoms with Crippen molar-refractivity contribution in [2.24, 2.45) is 5.73 Å². The lowest BCUT2D eigenvalue weighted by Crippen LogP contribution is -2.14. The maximum Gasteiger partial charge on any atom is 0.258 e. The fourth-order valence-electron chi connectivity index (χ4n) is 1.78. The molecular formula is C15H15FN2O. The predicted octanol–water partition coefficient (Wildman–Crippen LogP) is 2.85. The van der Waals surface area contributed by atoms with Crippen LogP contribution >= 0.6 is 0 Å². The molecule has 0 saturated heterocycles. The topological polar surface area (TPSA) is 55.1 Å². The number of nitrogens with two attached hydrogens (primary N) is 1. The highest BCUT2D eigenvalue weighted by molar-refractivity contribution is 6.04. The first-order valence-corrected chi connectivity index (χ1v) is 5.96. The number of aryl methyl sites for hydroxylation is 1. The summed E-state index contributed by atoms with van der Waals surface area (Å²) in [6.45, 7) is 2.16. The molecule has 0 fully saturated rings. The molecule has 19 heavy (non-hydrogen) atoms. The lowest BCUT2D eigenvalue weighted by molar-refractivity contribution is 0.102. The molecule has 0 bridgehead atoms. The zero-order chi connectivity index (χ0) is 13.8. The van der Waals surface area contributed by atoms with E-state index in [0.717, 1.165) is 11.1 Å². The van der Waals surface area contributed by atoms with E-state index in [-0.39, 0.29) is 5.56 Å². The first kappa shape index (κ1) is 13.2. The van der Waals surface area contributed by atoms with Crippen LogP contribution in [0.4, 0.5) is 10.1 Å². The second-order valence-electron chi connectivity index (χ2n) is 4.34. The number of halogens is 1. The van der Waals surface area contributed by atoms with Crippen LogP contribution in [0, 0.1) is 12.7 Å². The van der Waals surface area contributed by atoms with Gasteiger partial charge in [-0.05, 0) is 42.3 Å². The van der Waals surface area contributed by atoms with Gasteiger partial charge in [0.25, 0.3) is 5.91 Å². The van der Waals surface area contributed by atoms with E-state index in [9.17, 15) is 9.18 Å². The van der Waals surface area contributed by atoms with Gasteiger partial charge in [-0.25, -0.2) is 4.39 Å². The summed E-state index contributed by atoms with van der Waals surface area (Å²) in [5, 5.41) is 2.66. The lowest BCUT2D eigenvalue weighted by atomic mass is 10.1. The van der Waals surface area contributed by atoms with Crippen molar-refractivity contribution in [2.75, 3.05) is 5.32 Å². The second-order valence-corrected chi connectivity index (χ2v) is 4.34. The minimum absolute atomic E-state index is 0.0313. The highest BCUT2D eigenvalue weighted by Gasteiger charge is 2.11. The Hall–Kier alpha value is -2.20. The Morgan fingerprint density at radius 2 is 2.05 bits per heavy atom. The number of hydrogen-bond donors (Lipinski definition) is 2. The van der Waals surface area contributed by atoms with Crippen molar-refractivity contribution in [2.45, 2.75) is 13.5 Å². The fourth-order valence-corrected chi connectivity index (χ4v) is 1.78. The molecule has 0 heterocycles. The summed E-state index contributed by atoms with van der Waals surface area (Å²) in [6, 6.07) is 11.7. The Morgan fingerprint density at radius 3 is 2.74 bits per heavy atom. The van der Waals surface area contributed by atoms with E-state index in [1.807, 2.05) is 6.07 Å². The van der Waals surface area contributed by atoms with Crippen molar-refractivity contribution in [1.29, 1.82) is 0 Å². The maximum absolute atomic E-state index is 13.7. The molecule has 0 spiro atoms. The minimum atomic E-state index is -0.521. The van der Waals surface area contributed by atoms with Gasteiger partial charge >= 0.3 is 0 Å². The molecule has 2 aromatic rings. The van der Waals surface area contributed by atoms with Gasteiger partial charge in [-0.1, -0.05) is 18.2 Å². The molecular weight excluding hydrogens is 243 g/mol. The smallest absolute Gasteiger partial charge is 0.258 e. The average molecular weight is 258 g/mol. The summed E-state index contributed by atoms with van der Waals surface area (Å²) in [5.74, 6) is -0.987. The summed E-state index contributed by atoms with van der Waals surface area (Å²) in [6.07, 6.45) is 0. The van der Waals surface area contributed by atoms with Gasteiger partial charge in [-0.2, -0.15) is 0 Å². The number of carbonyl (C=O) groups excluding carboxylic acids is 1. The van der Waals surface area contributed by atoms with Crippen molar-refractivity contribution >= 4 is 11.6 Å². The van der Waals surface area contributed by atoms with Crippen molar-refractivity contribution in [3.8, 4) is 0 Å². The van der Waals surface area contributed by atoms with Gasteiger partial charge in [0.1, 0.15) is 5.82 Å². The summed E-state index contributed by atoms with van der Waals surface area (Å²) >= 11 is 0. The highest BCUT2D eigenvalue weighted by Crippen LogP contribution is 2.14. The number of carbonyl (C=O) groups is 1. The Kier molecular flexibility index (Phi) is 3.92. The predicted molar refractivity (Wildman–Crippen MR) is 73.4 cm³/mol. The molecule has 0 aliphatic carbocycles. The first-order valence-electron chi connectivity index (χ1n) is 5.96. The van der Waals surface area contributed by atoms with E-state index in [1.165, 1.54) is 12.1 Å². The third-order valence-electron chi connectivity index (χ3n) is 2.79. The van der Waals surface area contributed by atoms with Crippen molar-refractivity contribution in [1.82, 2.24) is 0 Å². The molecule has 3 nitrogen and oxygen atoms in total. The largest absolute Gasteiger partial charge is 0.326 e. The average Bonchev–Trinajstić information content (AvgIpc) is 2.38. The summed E-state index contributed by atoms with van der Waals surface area (Å²) in [5.41, 5.74) is 7.85. The lowest BCUT2D eigenvalue weighted by Gasteiger charge is -2.08. The van der Waals surface area contributed by atoms with Crippen LogP contribution in [0.5, 0.6) is 0 Å². The molecule has 0 radical (unpaired) electrons. The summed E-state index contributed by atoms with van der Waals surface area (Å²) in [4.78, 5) is 12.0. The van der Waals surface area contributed by atoms with Gasteiger partial charge in [0, 0.05) is 12.2 Å². The van der Waals surface area contributed by atoms with Crippen LogP contribution in [0.3, 0.4) is 0 Å². The number of hydrogen-bond acceptors (Lipinski definition) is 2. The standard InChI is InChI=1S/C15H15FN2O/c1-10-5-6-13(14(16)7-10)15(19)18-12-4-2-3-11(8-12)9-17/h2-8H,9,17H2,1H3,(H,18,19). The van der Waals surface area contributed by atoms with Gasteiger partial charge in [0.05, 0.1) is 5.56 Å². The summed E-state index contributed by atoms with van der Waals surface area (Å²) in [7, 11) is 0. The molecule has 4 heteroatoms. The molecule has 1 amide bonds. The molecule has 0 unspecified atom stereocenters. The number of amides is 1. The molecule has 2 aromatic carbocycles. The number of benzene rings is 2. The molecule has 0 aromatic heterocycles. The third kappa shape index (κ3) is 3.17. The van der Waals surface area contributed by atoms with Crippen LogP contribution < -0.4 is 11.1 Å². The molecule has 0 aliphatic rings. The van der Waals surface area contributed by atoms with E-state index in [0.29, 0.717) is 12.2 Å². The van der Waals surface area contributed by atoms with E-state index in [4.69, 9.17) is 5.73 Å². The van der Waals surface area contributed by atoms with Crippen LogP contribution in [-0.2, 0) is 6.54 Å². The molecule has 3 N–H and O–H groups in total. The van der Waals surface area contributed by atoms with Crippen molar-refractivity contribution in [3.63, 3.8) is 0 Å². The Bertz CT molecular complexity index is 611. The monoisotopic (exact) mass is 258 g/mol. The normalized spacial score (nSPS) is 10.3. The quantitative estimate of drug-likeness (QED) is 0.889. The Labute approximate surface area is 111 Å². The van der Waals surface area contributed by atoms with E-state index in [1.54, 1.807) is 31.2 Å². The van der Waals surface area contributed by atoms with Crippen molar-refractivity contribution < 1.29 is 9.18 Å². The highest BCUT2D eigenvalue weighted by atomic mass is 19.1. The Balaban J connectivity index is 2.20. The van der Waals surface area contributed by atoms with E-state index >= 15 is 0 Å². The second kappa shape index (κ2) is 5.63. The zero-order valence-electron chi connectivity index (χ0n) is 10.6. The molecule has 0 atom stereocenters. The number of nitrogens with one attached hydrogen (secondary N) is 1. The van der Waals surface area contributed by atoms with Gasteiger partial charge in [0.15, 0.2) is 0 Å². The minimum Gasteiger partial charge on any atom is -0.326 e. The Morgan fingerprint density at radius 1 is 1.26 bits per heavy atom. The molecule has 0 saturated carbocycles. The van der Waals surface area contributed by atoms with Crippen molar-refractivity contribution in [3.05, 3.63) is 65.0 Å². The maximum atomic E-state index is 13.7. The molecule has 98 valence electrons. The van der Waals surface area contributed by atoms with Gasteiger partial charge in [-0.3, -0.25) is 4.79 Å². The van der Waals surface area contributed by atoms with Crippen LogP contribution in [-0.4, -0.2) is 5.91 Å². The third-order valence-corrected chi connectivity index (χ3v) is 2.79. The van der Waals surface area contributed by atoms with Crippen LogP contribution in [0.1, 0.15) is 21.5 Å². The fraction of sp³-hybridized carbons (Fsp3) is 0.133. The number of rotatable bonds is 3. The van der Waals surface area contributed by atoms with Gasteiger partial charge < -0.3 is 11.1 Å². The van der Waals surface area contributed by atoms with E-state index < -0.39 is 11.7 Å². The van der Waals surface area contributed by atoms with Crippen LogP contribution in [0.25, 0.3) is 0 Å². The molecule has 0 aliphatic heterocycles. The molecule has 2 rings (SSSR count). The number of anilines is 1. The zero-order valence-corrected chi connectivity index (χ0v) is 10.6. The SMILES string of the molecule is Cc1ccc(C(=O)Nc2cccc(CN)c2)c(F)c1. The first-order chi connectivity index (χ1) is 9.10. The van der Waals surface area contributed by atoms with Crippen LogP contribution in [0.15, 0.2) is 42.5 Å². The summed E-state index contributed by atoms with van der Waals surface area (Å²) < 4.78 is 13.7. The van der Waals surface area contributed by atoms with E-state index in [2.05, 4.69) is 5.32 Å². The van der Waals surface area contributed by atoms with Gasteiger partial charge in [-0.15, -0.1) is 0 Å². The van der Waals surface area contributed by atoms with Gasteiger partial charge in [0.2, 0.25) is 0 Å².